The van der Waals surface area contributed by atoms with Crippen LogP contribution in [-0.2, 0) is 12.8 Å². The molecule has 0 aliphatic rings. The fourth-order valence-corrected chi connectivity index (χ4v) is 1.58. The monoisotopic (exact) mass is 244 g/mol. The van der Waals surface area contributed by atoms with E-state index < -0.39 is 0 Å². The van der Waals surface area contributed by atoms with Crippen LogP contribution in [0, 0.1) is 5.82 Å². The van der Waals surface area contributed by atoms with Crippen molar-refractivity contribution in [2.45, 2.75) is 26.2 Å². The van der Waals surface area contributed by atoms with E-state index in [0.29, 0.717) is 0 Å². The third-order valence-corrected chi connectivity index (χ3v) is 2.66. The van der Waals surface area contributed by atoms with Gasteiger partial charge in [0.15, 0.2) is 0 Å². The number of halogens is 2. The van der Waals surface area contributed by atoms with Crippen LogP contribution in [0.2, 0.25) is 0 Å². The van der Waals surface area contributed by atoms with Crippen LogP contribution in [-0.4, -0.2) is 5.33 Å². The molecule has 72 valence electrons. The maximum atomic E-state index is 13.3. The lowest BCUT2D eigenvalue weighted by Gasteiger charge is -2.03. The van der Waals surface area contributed by atoms with E-state index in [0.717, 1.165) is 35.7 Å². The van der Waals surface area contributed by atoms with Gasteiger partial charge in [0.05, 0.1) is 0 Å². The standard InChI is InChI=1S/C11H14BrF/c1-2-10-6-5-9(4-3-7-12)8-11(10)13/h5-6,8H,2-4,7H2,1H3. The number of aryl methyl sites for hydroxylation is 2. The van der Waals surface area contributed by atoms with Gasteiger partial charge < -0.3 is 0 Å². The molecule has 0 nitrogen and oxygen atoms in total. The van der Waals surface area contributed by atoms with Crippen LogP contribution in [0.15, 0.2) is 18.2 Å². The SMILES string of the molecule is CCc1ccc(CCCBr)cc1F. The highest BCUT2D eigenvalue weighted by Gasteiger charge is 2.00. The molecule has 1 rings (SSSR count). The molecule has 13 heavy (non-hydrogen) atoms. The van der Waals surface area contributed by atoms with Crippen molar-refractivity contribution < 1.29 is 4.39 Å². The summed E-state index contributed by atoms with van der Waals surface area (Å²) in [6.45, 7) is 1.97. The summed E-state index contributed by atoms with van der Waals surface area (Å²) >= 11 is 3.36. The molecule has 1 aromatic carbocycles. The summed E-state index contributed by atoms with van der Waals surface area (Å²) < 4.78 is 13.3. The molecule has 0 fully saturated rings. The molecule has 0 spiro atoms. The second-order valence-corrected chi connectivity index (χ2v) is 3.86. The molecule has 0 aliphatic carbocycles. The number of alkyl halides is 1. The molecule has 0 radical (unpaired) electrons. The van der Waals surface area contributed by atoms with Crippen LogP contribution < -0.4 is 0 Å². The molecule has 0 heterocycles. The van der Waals surface area contributed by atoms with Gasteiger partial charge in [-0.1, -0.05) is 35.0 Å². The number of benzene rings is 1. The maximum absolute atomic E-state index is 13.3. The summed E-state index contributed by atoms with van der Waals surface area (Å²) in [5.74, 6) is -0.0606. The Bertz CT molecular complexity index is 271. The molecule has 0 saturated heterocycles. The Morgan fingerprint density at radius 1 is 1.38 bits per heavy atom. The molecule has 0 amide bonds. The number of hydrogen-bond acceptors (Lipinski definition) is 0. The zero-order valence-electron chi connectivity index (χ0n) is 7.82. The van der Waals surface area contributed by atoms with Crippen LogP contribution in [0.1, 0.15) is 24.5 Å². The zero-order valence-corrected chi connectivity index (χ0v) is 9.40. The summed E-state index contributed by atoms with van der Waals surface area (Å²) in [5.41, 5.74) is 1.90. The Hall–Kier alpha value is -0.370. The molecule has 2 heteroatoms. The summed E-state index contributed by atoms with van der Waals surface area (Å²) in [6.07, 6.45) is 2.78. The molecule has 0 bridgehead atoms. The van der Waals surface area contributed by atoms with Gasteiger partial charge in [-0.3, -0.25) is 0 Å². The van der Waals surface area contributed by atoms with Crippen molar-refractivity contribution in [3.63, 3.8) is 0 Å². The molecule has 1 aromatic rings. The summed E-state index contributed by atoms with van der Waals surface area (Å²) in [7, 11) is 0. The van der Waals surface area contributed by atoms with Crippen LogP contribution >= 0.6 is 15.9 Å². The van der Waals surface area contributed by atoms with E-state index in [-0.39, 0.29) is 5.82 Å². The van der Waals surface area contributed by atoms with Crippen LogP contribution in [0.4, 0.5) is 4.39 Å². The van der Waals surface area contributed by atoms with Gasteiger partial charge in [0.2, 0.25) is 0 Å². The smallest absolute Gasteiger partial charge is 0.126 e. The fourth-order valence-electron chi connectivity index (χ4n) is 1.30. The predicted molar refractivity (Wildman–Crippen MR) is 57.9 cm³/mol. The van der Waals surface area contributed by atoms with Gasteiger partial charge in [-0.15, -0.1) is 0 Å². The number of hydrogen-bond donors (Lipinski definition) is 0. The Morgan fingerprint density at radius 3 is 2.69 bits per heavy atom. The van der Waals surface area contributed by atoms with Gasteiger partial charge in [-0.2, -0.15) is 0 Å². The Labute approximate surface area is 87.3 Å². The van der Waals surface area contributed by atoms with Gasteiger partial charge in [0.1, 0.15) is 5.82 Å². The number of rotatable bonds is 4. The zero-order chi connectivity index (χ0) is 9.68. The van der Waals surface area contributed by atoms with Crippen molar-refractivity contribution in [3.05, 3.63) is 35.1 Å². The highest BCUT2D eigenvalue weighted by atomic mass is 79.9. The third kappa shape index (κ3) is 3.11. The topological polar surface area (TPSA) is 0 Å². The normalized spacial score (nSPS) is 10.4. The summed E-state index contributed by atoms with van der Waals surface area (Å²) in [4.78, 5) is 0. The molecular weight excluding hydrogens is 231 g/mol. The third-order valence-electron chi connectivity index (χ3n) is 2.10. The summed E-state index contributed by atoms with van der Waals surface area (Å²) in [5, 5.41) is 0.976. The van der Waals surface area contributed by atoms with Crippen molar-refractivity contribution in [2.24, 2.45) is 0 Å². The van der Waals surface area contributed by atoms with E-state index in [1.165, 1.54) is 0 Å². The van der Waals surface area contributed by atoms with Gasteiger partial charge in [-0.25, -0.2) is 4.39 Å². The van der Waals surface area contributed by atoms with Crippen LogP contribution in [0.25, 0.3) is 0 Å². The Kier molecular flexibility index (Phi) is 4.43. The average Bonchev–Trinajstić information content (AvgIpc) is 2.15. The molecule has 0 atom stereocenters. The largest absolute Gasteiger partial charge is 0.207 e. The second kappa shape index (κ2) is 5.38. The van der Waals surface area contributed by atoms with E-state index in [9.17, 15) is 4.39 Å². The highest BCUT2D eigenvalue weighted by molar-refractivity contribution is 9.09. The highest BCUT2D eigenvalue weighted by Crippen LogP contribution is 2.12. The van der Waals surface area contributed by atoms with E-state index in [1.807, 2.05) is 19.1 Å². The van der Waals surface area contributed by atoms with Crippen molar-refractivity contribution >= 4 is 15.9 Å². The maximum Gasteiger partial charge on any atom is 0.126 e. The lowest BCUT2D eigenvalue weighted by Crippen LogP contribution is -1.92. The molecule has 0 saturated carbocycles. The second-order valence-electron chi connectivity index (χ2n) is 3.07. The first kappa shape index (κ1) is 10.7. The van der Waals surface area contributed by atoms with Crippen LogP contribution in [0.5, 0.6) is 0 Å². The first-order chi connectivity index (χ1) is 6.27. The van der Waals surface area contributed by atoms with E-state index in [2.05, 4.69) is 15.9 Å². The Morgan fingerprint density at radius 2 is 2.15 bits per heavy atom. The molecular formula is C11H14BrF. The van der Waals surface area contributed by atoms with E-state index in [4.69, 9.17) is 0 Å². The van der Waals surface area contributed by atoms with Crippen molar-refractivity contribution in [3.8, 4) is 0 Å². The van der Waals surface area contributed by atoms with Crippen molar-refractivity contribution in [2.75, 3.05) is 5.33 Å². The van der Waals surface area contributed by atoms with Gasteiger partial charge in [0.25, 0.3) is 0 Å². The fraction of sp³-hybridized carbons (Fsp3) is 0.455. The first-order valence-corrected chi connectivity index (χ1v) is 5.73. The molecule has 0 unspecified atom stereocenters. The van der Waals surface area contributed by atoms with Gasteiger partial charge in [-0.05, 0) is 36.5 Å². The lowest BCUT2D eigenvalue weighted by molar-refractivity contribution is 0.609. The first-order valence-electron chi connectivity index (χ1n) is 4.61. The van der Waals surface area contributed by atoms with Crippen molar-refractivity contribution in [1.82, 2.24) is 0 Å². The Balaban J connectivity index is 2.71. The summed E-state index contributed by atoms with van der Waals surface area (Å²) in [6, 6.07) is 5.56. The van der Waals surface area contributed by atoms with E-state index >= 15 is 0 Å². The van der Waals surface area contributed by atoms with Gasteiger partial charge >= 0.3 is 0 Å². The molecule has 0 aliphatic heterocycles. The van der Waals surface area contributed by atoms with Gasteiger partial charge in [0, 0.05) is 5.33 Å². The average molecular weight is 245 g/mol. The minimum absolute atomic E-state index is 0.0606. The van der Waals surface area contributed by atoms with Crippen LogP contribution in [0.3, 0.4) is 0 Å². The quantitative estimate of drug-likeness (QED) is 0.709. The predicted octanol–water partition coefficient (Wildman–Crippen LogP) is 3.72. The molecule has 0 aromatic heterocycles. The lowest BCUT2D eigenvalue weighted by atomic mass is 10.1. The van der Waals surface area contributed by atoms with E-state index in [1.54, 1.807) is 6.07 Å². The molecule has 0 N–H and O–H groups in total. The minimum Gasteiger partial charge on any atom is -0.207 e. The van der Waals surface area contributed by atoms with Crippen molar-refractivity contribution in [1.29, 1.82) is 0 Å². The minimum atomic E-state index is -0.0606.